The molecule has 0 atom stereocenters. The lowest BCUT2D eigenvalue weighted by Crippen LogP contribution is -2.22. The fourth-order valence-corrected chi connectivity index (χ4v) is 2.63. The van der Waals surface area contributed by atoms with Crippen LogP contribution in [0.3, 0.4) is 0 Å². The molecule has 0 saturated heterocycles. The Bertz CT molecular complexity index is 805. The molecule has 21 heavy (non-hydrogen) atoms. The lowest BCUT2D eigenvalue weighted by molar-refractivity contribution is 0.0973. The summed E-state index contributed by atoms with van der Waals surface area (Å²) >= 11 is 0. The number of aryl methyl sites for hydroxylation is 1. The van der Waals surface area contributed by atoms with Gasteiger partial charge in [-0.15, -0.1) is 0 Å². The van der Waals surface area contributed by atoms with Crippen LogP contribution in [-0.4, -0.2) is 28.9 Å². The molecular weight excluding hydrogens is 272 g/mol. The molecule has 3 rings (SSSR count). The Morgan fingerprint density at radius 1 is 0.905 bits per heavy atom. The molecule has 2 aromatic carbocycles. The van der Waals surface area contributed by atoms with Crippen LogP contribution in [0.2, 0.25) is 0 Å². The highest BCUT2D eigenvalue weighted by Crippen LogP contribution is 2.41. The van der Waals surface area contributed by atoms with E-state index in [0.717, 1.165) is 5.56 Å². The van der Waals surface area contributed by atoms with Crippen LogP contribution in [0.25, 0.3) is 0 Å². The molecule has 2 aromatic rings. The van der Waals surface area contributed by atoms with Crippen molar-refractivity contribution < 1.29 is 24.5 Å². The number of phenolic OH excluding ortho intramolecular Hbond substituents is 2. The monoisotopic (exact) mass is 284 g/mol. The van der Waals surface area contributed by atoms with Crippen LogP contribution in [-0.2, 0) is 0 Å². The van der Waals surface area contributed by atoms with E-state index in [4.69, 9.17) is 4.74 Å². The predicted octanol–water partition coefficient (Wildman–Crippen LogP) is 2.19. The molecule has 1 aliphatic rings. The number of methoxy groups -OCH3 is 1. The standard InChI is InChI=1S/C16H12O5/c1-7-3-4-9-12(16(7)21-2)14(19)8-5-6-10(17)15(20)11(8)13(9)18/h3-6,17,20H,1-2H3. The van der Waals surface area contributed by atoms with E-state index in [1.54, 1.807) is 13.0 Å². The largest absolute Gasteiger partial charge is 0.504 e. The summed E-state index contributed by atoms with van der Waals surface area (Å²) in [4.78, 5) is 25.2. The molecule has 0 fully saturated rings. The summed E-state index contributed by atoms with van der Waals surface area (Å²) in [6.07, 6.45) is 0. The maximum atomic E-state index is 12.6. The minimum Gasteiger partial charge on any atom is -0.504 e. The zero-order valence-corrected chi connectivity index (χ0v) is 11.4. The molecule has 0 saturated carbocycles. The Hall–Kier alpha value is -2.82. The van der Waals surface area contributed by atoms with Crippen molar-refractivity contribution in [2.45, 2.75) is 6.92 Å². The molecule has 0 amide bonds. The summed E-state index contributed by atoms with van der Waals surface area (Å²) in [7, 11) is 1.43. The van der Waals surface area contributed by atoms with Crippen molar-refractivity contribution in [2.75, 3.05) is 7.11 Å². The van der Waals surface area contributed by atoms with Crippen molar-refractivity contribution in [1.82, 2.24) is 0 Å². The molecule has 106 valence electrons. The number of ketones is 2. The second-order valence-corrected chi connectivity index (χ2v) is 4.85. The van der Waals surface area contributed by atoms with Gasteiger partial charge in [0.05, 0.1) is 18.2 Å². The maximum Gasteiger partial charge on any atom is 0.198 e. The third kappa shape index (κ3) is 1.64. The molecule has 1 aliphatic carbocycles. The summed E-state index contributed by atoms with van der Waals surface area (Å²) in [5, 5.41) is 19.4. The Morgan fingerprint density at radius 2 is 1.48 bits per heavy atom. The third-order valence-electron chi connectivity index (χ3n) is 3.66. The highest BCUT2D eigenvalue weighted by molar-refractivity contribution is 6.30. The number of rotatable bonds is 1. The quantitative estimate of drug-likeness (QED) is 0.669. The van der Waals surface area contributed by atoms with Crippen molar-refractivity contribution in [3.05, 3.63) is 52.1 Å². The van der Waals surface area contributed by atoms with Crippen LogP contribution >= 0.6 is 0 Å². The molecule has 0 spiro atoms. The summed E-state index contributed by atoms with van der Waals surface area (Å²) in [5.74, 6) is -1.57. The lowest BCUT2D eigenvalue weighted by atomic mass is 9.82. The number of aromatic hydroxyl groups is 2. The predicted molar refractivity (Wildman–Crippen MR) is 74.4 cm³/mol. The fraction of sp³-hybridized carbons (Fsp3) is 0.125. The van der Waals surface area contributed by atoms with Crippen LogP contribution in [0.5, 0.6) is 17.2 Å². The summed E-state index contributed by atoms with van der Waals surface area (Å²) in [5.41, 5.74) is 0.991. The topological polar surface area (TPSA) is 83.8 Å². The first-order chi connectivity index (χ1) is 9.97. The number of carbonyl (C=O) groups excluding carboxylic acids is 2. The molecule has 0 heterocycles. The van der Waals surface area contributed by atoms with Crippen LogP contribution in [0.4, 0.5) is 0 Å². The van der Waals surface area contributed by atoms with E-state index in [0.29, 0.717) is 5.75 Å². The molecule has 0 bridgehead atoms. The Balaban J connectivity index is 2.38. The van der Waals surface area contributed by atoms with E-state index in [2.05, 4.69) is 0 Å². The average molecular weight is 284 g/mol. The van der Waals surface area contributed by atoms with Gasteiger partial charge in [-0.25, -0.2) is 0 Å². The molecule has 0 aromatic heterocycles. The van der Waals surface area contributed by atoms with E-state index < -0.39 is 23.1 Å². The van der Waals surface area contributed by atoms with Crippen LogP contribution < -0.4 is 4.74 Å². The van der Waals surface area contributed by atoms with Gasteiger partial charge in [0.2, 0.25) is 0 Å². The van der Waals surface area contributed by atoms with Crippen LogP contribution in [0, 0.1) is 6.92 Å². The summed E-state index contributed by atoms with van der Waals surface area (Å²) in [6.45, 7) is 1.78. The molecule has 0 unspecified atom stereocenters. The van der Waals surface area contributed by atoms with Crippen LogP contribution in [0.15, 0.2) is 24.3 Å². The SMILES string of the molecule is COc1c(C)ccc2c1C(=O)c1ccc(O)c(O)c1C2=O. The molecule has 0 aliphatic heterocycles. The number of benzene rings is 2. The van der Waals surface area contributed by atoms with Crippen LogP contribution in [0.1, 0.15) is 37.4 Å². The second-order valence-electron chi connectivity index (χ2n) is 4.85. The van der Waals surface area contributed by atoms with Gasteiger partial charge in [-0.3, -0.25) is 9.59 Å². The Kier molecular flexibility index (Phi) is 2.73. The minimum absolute atomic E-state index is 0.0618. The highest BCUT2D eigenvalue weighted by Gasteiger charge is 2.35. The number of phenols is 2. The first-order valence-corrected chi connectivity index (χ1v) is 6.29. The van der Waals surface area contributed by atoms with E-state index >= 15 is 0 Å². The molecule has 5 nitrogen and oxygen atoms in total. The number of carbonyl (C=O) groups is 2. The smallest absolute Gasteiger partial charge is 0.198 e. The summed E-state index contributed by atoms with van der Waals surface area (Å²) < 4.78 is 5.25. The van der Waals surface area contributed by atoms with E-state index in [1.807, 2.05) is 0 Å². The van der Waals surface area contributed by atoms with Gasteiger partial charge in [0, 0.05) is 11.1 Å². The molecule has 2 N–H and O–H groups in total. The van der Waals surface area contributed by atoms with Gasteiger partial charge in [-0.05, 0) is 30.7 Å². The first-order valence-electron chi connectivity index (χ1n) is 6.29. The number of ether oxygens (including phenoxy) is 1. The maximum absolute atomic E-state index is 12.6. The first kappa shape index (κ1) is 13.2. The average Bonchev–Trinajstić information content (AvgIpc) is 2.47. The molecule has 0 radical (unpaired) electrons. The van der Waals surface area contributed by atoms with E-state index in [9.17, 15) is 19.8 Å². The molecular formula is C16H12O5. The van der Waals surface area contributed by atoms with Crippen molar-refractivity contribution in [2.24, 2.45) is 0 Å². The van der Waals surface area contributed by atoms with Gasteiger partial charge < -0.3 is 14.9 Å². The normalized spacial score (nSPS) is 12.9. The minimum atomic E-state index is -0.573. The summed E-state index contributed by atoms with van der Waals surface area (Å²) in [6, 6.07) is 5.72. The number of fused-ring (bicyclic) bond motifs is 2. The van der Waals surface area contributed by atoms with Crippen molar-refractivity contribution >= 4 is 11.6 Å². The number of hydrogen-bond acceptors (Lipinski definition) is 5. The lowest BCUT2D eigenvalue weighted by Gasteiger charge is -2.21. The van der Waals surface area contributed by atoms with E-state index in [-0.39, 0.29) is 22.3 Å². The van der Waals surface area contributed by atoms with Gasteiger partial charge >= 0.3 is 0 Å². The van der Waals surface area contributed by atoms with Gasteiger partial charge in [-0.1, -0.05) is 6.07 Å². The Labute approximate surface area is 120 Å². The highest BCUT2D eigenvalue weighted by atomic mass is 16.5. The zero-order chi connectivity index (χ0) is 15.3. The number of hydrogen-bond donors (Lipinski definition) is 2. The second kappa shape index (κ2) is 4.34. The third-order valence-corrected chi connectivity index (χ3v) is 3.66. The van der Waals surface area contributed by atoms with Crippen molar-refractivity contribution in [1.29, 1.82) is 0 Å². The van der Waals surface area contributed by atoms with Gasteiger partial charge in [0.15, 0.2) is 23.1 Å². The van der Waals surface area contributed by atoms with Gasteiger partial charge in [0.1, 0.15) is 5.75 Å². The van der Waals surface area contributed by atoms with Gasteiger partial charge in [-0.2, -0.15) is 0 Å². The Morgan fingerprint density at radius 3 is 2.14 bits per heavy atom. The van der Waals surface area contributed by atoms with E-state index in [1.165, 1.54) is 25.3 Å². The zero-order valence-electron chi connectivity index (χ0n) is 11.4. The van der Waals surface area contributed by atoms with Crippen molar-refractivity contribution in [3.8, 4) is 17.2 Å². The van der Waals surface area contributed by atoms with Gasteiger partial charge in [0.25, 0.3) is 0 Å². The molecule has 5 heteroatoms. The van der Waals surface area contributed by atoms with Crippen molar-refractivity contribution in [3.63, 3.8) is 0 Å². The fourth-order valence-electron chi connectivity index (χ4n) is 2.63.